The first-order chi connectivity index (χ1) is 19.1. The van der Waals surface area contributed by atoms with Crippen LogP contribution in [0.5, 0.6) is 11.5 Å². The average Bonchev–Trinajstić information content (AvgIpc) is 3.41. The van der Waals surface area contributed by atoms with Crippen LogP contribution in [0.4, 0.5) is 0 Å². The molecule has 0 radical (unpaired) electrons. The number of aromatic nitrogens is 2. The van der Waals surface area contributed by atoms with E-state index in [9.17, 15) is 4.79 Å². The molecule has 6 rings (SSSR count). The zero-order valence-corrected chi connectivity index (χ0v) is 21.6. The molecule has 192 valence electrons. The van der Waals surface area contributed by atoms with Gasteiger partial charge in [0.15, 0.2) is 17.3 Å². The number of methoxy groups -OCH3 is 1. The van der Waals surface area contributed by atoms with Crippen molar-refractivity contribution in [3.05, 3.63) is 124 Å². The molecule has 0 aliphatic rings. The maximum absolute atomic E-state index is 13.5. The monoisotopic (exact) mass is 535 g/mol. The van der Waals surface area contributed by atoms with Crippen molar-refractivity contribution in [1.29, 1.82) is 0 Å². The van der Waals surface area contributed by atoms with Gasteiger partial charge < -0.3 is 13.9 Å². The van der Waals surface area contributed by atoms with E-state index in [0.29, 0.717) is 56.8 Å². The molecule has 0 bridgehead atoms. The summed E-state index contributed by atoms with van der Waals surface area (Å²) in [6.07, 6.45) is 1.57. The van der Waals surface area contributed by atoms with Gasteiger partial charge in [0.05, 0.1) is 24.2 Å². The van der Waals surface area contributed by atoms with Crippen LogP contribution < -0.4 is 15.0 Å². The standard InChI is InChI=1S/C31H22ClN3O4/c1-37-28-16-20(14-15-27(28)38-19-22-9-2-5-11-24(22)32)18-33-35-30(29-17-21-8-3-7-13-26(21)39-29)34-25-12-6-4-10-23(25)31(35)36/h2-18H,19H2,1H3. The number of benzene rings is 4. The van der Waals surface area contributed by atoms with Crippen molar-refractivity contribution in [3.8, 4) is 23.1 Å². The van der Waals surface area contributed by atoms with Crippen LogP contribution in [0.3, 0.4) is 0 Å². The van der Waals surface area contributed by atoms with Crippen molar-refractivity contribution in [2.75, 3.05) is 7.11 Å². The lowest BCUT2D eigenvalue weighted by molar-refractivity contribution is 0.284. The van der Waals surface area contributed by atoms with Gasteiger partial charge in [-0.05, 0) is 54.1 Å². The van der Waals surface area contributed by atoms with Gasteiger partial charge in [-0.3, -0.25) is 4.79 Å². The molecule has 0 atom stereocenters. The molecule has 0 unspecified atom stereocenters. The summed E-state index contributed by atoms with van der Waals surface area (Å²) in [5.74, 6) is 1.82. The van der Waals surface area contributed by atoms with E-state index in [1.807, 2.05) is 66.7 Å². The van der Waals surface area contributed by atoms with Crippen LogP contribution in [-0.2, 0) is 6.61 Å². The summed E-state index contributed by atoms with van der Waals surface area (Å²) < 4.78 is 18.8. The topological polar surface area (TPSA) is 78.9 Å². The summed E-state index contributed by atoms with van der Waals surface area (Å²) in [6.45, 7) is 0.294. The van der Waals surface area contributed by atoms with Gasteiger partial charge in [-0.15, -0.1) is 0 Å². The molecule has 4 aromatic carbocycles. The Hall–Kier alpha value is -4.88. The summed E-state index contributed by atoms with van der Waals surface area (Å²) in [7, 11) is 1.57. The van der Waals surface area contributed by atoms with Crippen LogP contribution in [0, 0.1) is 0 Å². The highest BCUT2D eigenvalue weighted by atomic mass is 35.5. The van der Waals surface area contributed by atoms with Crippen LogP contribution in [-0.4, -0.2) is 23.0 Å². The number of rotatable bonds is 7. The molecule has 2 aromatic heterocycles. The Morgan fingerprint density at radius 2 is 1.74 bits per heavy atom. The first-order valence-electron chi connectivity index (χ1n) is 12.2. The molecule has 0 aliphatic heterocycles. The predicted octanol–water partition coefficient (Wildman–Crippen LogP) is 6.93. The number of halogens is 1. The Morgan fingerprint density at radius 1 is 0.949 bits per heavy atom. The summed E-state index contributed by atoms with van der Waals surface area (Å²) >= 11 is 6.25. The smallest absolute Gasteiger partial charge is 0.282 e. The molecule has 0 saturated heterocycles. The van der Waals surface area contributed by atoms with E-state index in [1.54, 1.807) is 43.7 Å². The van der Waals surface area contributed by atoms with Gasteiger partial charge in [0, 0.05) is 16.0 Å². The third-order valence-electron chi connectivity index (χ3n) is 6.25. The first kappa shape index (κ1) is 24.5. The largest absolute Gasteiger partial charge is 0.493 e. The number of para-hydroxylation sites is 2. The summed E-state index contributed by atoms with van der Waals surface area (Å²) in [4.78, 5) is 18.2. The van der Waals surface area contributed by atoms with Gasteiger partial charge in [-0.25, -0.2) is 4.98 Å². The summed E-state index contributed by atoms with van der Waals surface area (Å²) in [5.41, 5.74) is 2.52. The lowest BCUT2D eigenvalue weighted by Crippen LogP contribution is -2.20. The molecule has 0 fully saturated rings. The van der Waals surface area contributed by atoms with E-state index in [4.69, 9.17) is 30.5 Å². The SMILES string of the molecule is COc1cc(C=Nn2c(-c3cc4ccccc4o3)nc3ccccc3c2=O)ccc1OCc1ccccc1Cl. The Morgan fingerprint density at radius 3 is 2.59 bits per heavy atom. The van der Waals surface area contributed by atoms with Crippen LogP contribution in [0.15, 0.2) is 111 Å². The Bertz CT molecular complexity index is 1880. The second-order valence-corrected chi connectivity index (χ2v) is 9.16. The fraction of sp³-hybridized carbons (Fsp3) is 0.0645. The normalized spacial score (nSPS) is 11.4. The van der Waals surface area contributed by atoms with Crippen molar-refractivity contribution >= 4 is 39.7 Å². The number of nitrogens with zero attached hydrogens (tertiary/aromatic N) is 3. The predicted molar refractivity (Wildman–Crippen MR) is 153 cm³/mol. The van der Waals surface area contributed by atoms with Crippen LogP contribution in [0.25, 0.3) is 33.5 Å². The fourth-order valence-corrected chi connectivity index (χ4v) is 4.45. The van der Waals surface area contributed by atoms with Crippen molar-refractivity contribution in [1.82, 2.24) is 9.66 Å². The number of hydrogen-bond donors (Lipinski definition) is 0. The highest BCUT2D eigenvalue weighted by Crippen LogP contribution is 2.30. The van der Waals surface area contributed by atoms with Crippen molar-refractivity contribution in [2.45, 2.75) is 6.61 Å². The third-order valence-corrected chi connectivity index (χ3v) is 6.62. The number of furan rings is 1. The fourth-order valence-electron chi connectivity index (χ4n) is 4.26. The van der Waals surface area contributed by atoms with Crippen LogP contribution >= 0.6 is 11.6 Å². The van der Waals surface area contributed by atoms with Gasteiger partial charge in [0.25, 0.3) is 5.56 Å². The Labute approximate surface area is 228 Å². The maximum atomic E-state index is 13.5. The number of ether oxygens (including phenoxy) is 2. The van der Waals surface area contributed by atoms with Gasteiger partial charge in [0.2, 0.25) is 5.82 Å². The van der Waals surface area contributed by atoms with Gasteiger partial charge >= 0.3 is 0 Å². The number of hydrogen-bond acceptors (Lipinski definition) is 6. The Balaban J connectivity index is 1.37. The van der Waals surface area contributed by atoms with Gasteiger partial charge in [0.1, 0.15) is 12.2 Å². The molecule has 0 amide bonds. The van der Waals surface area contributed by atoms with Gasteiger partial charge in [-0.2, -0.15) is 9.78 Å². The zero-order valence-electron chi connectivity index (χ0n) is 20.9. The minimum absolute atomic E-state index is 0.294. The minimum atomic E-state index is -0.307. The van der Waals surface area contributed by atoms with E-state index in [-0.39, 0.29) is 5.56 Å². The molecule has 0 N–H and O–H groups in total. The molecular weight excluding hydrogens is 514 g/mol. The maximum Gasteiger partial charge on any atom is 0.282 e. The lowest BCUT2D eigenvalue weighted by atomic mass is 10.2. The summed E-state index contributed by atoms with van der Waals surface area (Å²) in [5, 5.41) is 6.52. The molecule has 39 heavy (non-hydrogen) atoms. The second-order valence-electron chi connectivity index (χ2n) is 8.75. The molecule has 2 heterocycles. The zero-order chi connectivity index (χ0) is 26.8. The van der Waals surface area contributed by atoms with E-state index in [0.717, 1.165) is 10.9 Å². The third kappa shape index (κ3) is 4.87. The van der Waals surface area contributed by atoms with Crippen molar-refractivity contribution in [3.63, 3.8) is 0 Å². The first-order valence-corrected chi connectivity index (χ1v) is 12.6. The van der Waals surface area contributed by atoms with Crippen molar-refractivity contribution < 1.29 is 13.9 Å². The quantitative estimate of drug-likeness (QED) is 0.207. The minimum Gasteiger partial charge on any atom is -0.493 e. The molecule has 0 aliphatic carbocycles. The van der Waals surface area contributed by atoms with E-state index < -0.39 is 0 Å². The van der Waals surface area contributed by atoms with Crippen LogP contribution in [0.1, 0.15) is 11.1 Å². The van der Waals surface area contributed by atoms with E-state index >= 15 is 0 Å². The second kappa shape index (κ2) is 10.5. The highest BCUT2D eigenvalue weighted by molar-refractivity contribution is 6.31. The Kier molecular flexibility index (Phi) is 6.57. The van der Waals surface area contributed by atoms with E-state index in [2.05, 4.69) is 5.10 Å². The average molecular weight is 536 g/mol. The number of fused-ring (bicyclic) bond motifs is 2. The molecule has 7 nitrogen and oxygen atoms in total. The summed E-state index contributed by atoms with van der Waals surface area (Å²) in [6, 6.07) is 29.6. The molecular formula is C31H22ClN3O4. The van der Waals surface area contributed by atoms with Crippen molar-refractivity contribution in [2.24, 2.45) is 5.10 Å². The molecule has 0 saturated carbocycles. The van der Waals surface area contributed by atoms with Crippen LogP contribution in [0.2, 0.25) is 5.02 Å². The molecule has 8 heteroatoms. The van der Waals surface area contributed by atoms with Gasteiger partial charge in [-0.1, -0.05) is 60.1 Å². The van der Waals surface area contributed by atoms with E-state index in [1.165, 1.54) is 4.68 Å². The molecule has 6 aromatic rings. The molecule has 0 spiro atoms. The lowest BCUT2D eigenvalue weighted by Gasteiger charge is -2.12. The highest BCUT2D eigenvalue weighted by Gasteiger charge is 2.16.